The molecule has 1 saturated carbocycles. The molecule has 154 valence electrons. The van der Waals surface area contributed by atoms with Gasteiger partial charge >= 0.3 is 5.97 Å². The van der Waals surface area contributed by atoms with E-state index >= 15 is 0 Å². The van der Waals surface area contributed by atoms with Crippen molar-refractivity contribution in [2.75, 3.05) is 11.3 Å². The van der Waals surface area contributed by atoms with E-state index in [1.54, 1.807) is 18.2 Å². The summed E-state index contributed by atoms with van der Waals surface area (Å²) in [7, 11) is -3.87. The van der Waals surface area contributed by atoms with Gasteiger partial charge in [0.15, 0.2) is 6.61 Å². The van der Waals surface area contributed by atoms with Crippen LogP contribution in [0.2, 0.25) is 0 Å². The van der Waals surface area contributed by atoms with E-state index in [-0.39, 0.29) is 22.4 Å². The Labute approximate surface area is 170 Å². The standard InChI is InChI=1S/C21H24N2O5S/c1-15-6-4-10-18(12-15)23-29(26,27)19-11-5-7-16(13-19)21(25)28-14-20(24)22-17-8-2-3-9-17/h4-7,10-13,17,23H,2-3,8-9,14H2,1H3,(H,22,24). The molecule has 1 aliphatic rings. The van der Waals surface area contributed by atoms with E-state index in [0.717, 1.165) is 31.2 Å². The van der Waals surface area contributed by atoms with Crippen molar-refractivity contribution in [2.45, 2.75) is 43.5 Å². The van der Waals surface area contributed by atoms with Crippen molar-refractivity contribution in [3.63, 3.8) is 0 Å². The van der Waals surface area contributed by atoms with Gasteiger partial charge in [0.25, 0.3) is 15.9 Å². The maximum Gasteiger partial charge on any atom is 0.338 e. The zero-order valence-electron chi connectivity index (χ0n) is 16.2. The predicted octanol–water partition coefficient (Wildman–Crippen LogP) is 3.01. The van der Waals surface area contributed by atoms with Crippen molar-refractivity contribution in [2.24, 2.45) is 0 Å². The first-order valence-corrected chi connectivity index (χ1v) is 11.0. The number of carbonyl (C=O) groups is 2. The number of carbonyl (C=O) groups excluding carboxylic acids is 2. The fourth-order valence-corrected chi connectivity index (χ4v) is 4.36. The molecule has 0 radical (unpaired) electrons. The van der Waals surface area contributed by atoms with Gasteiger partial charge in [-0.1, -0.05) is 31.0 Å². The minimum atomic E-state index is -3.87. The van der Waals surface area contributed by atoms with Gasteiger partial charge < -0.3 is 10.1 Å². The Balaban J connectivity index is 1.63. The molecule has 2 N–H and O–H groups in total. The molecule has 8 heteroatoms. The molecular weight excluding hydrogens is 392 g/mol. The van der Waals surface area contributed by atoms with Crippen LogP contribution in [0, 0.1) is 6.92 Å². The van der Waals surface area contributed by atoms with Gasteiger partial charge in [-0.05, 0) is 55.7 Å². The largest absolute Gasteiger partial charge is 0.452 e. The molecule has 1 aliphatic carbocycles. The van der Waals surface area contributed by atoms with Crippen LogP contribution in [-0.2, 0) is 19.6 Å². The van der Waals surface area contributed by atoms with Gasteiger partial charge in [0, 0.05) is 11.7 Å². The molecule has 3 rings (SSSR count). The Kier molecular flexibility index (Phi) is 6.53. The quantitative estimate of drug-likeness (QED) is 0.676. The molecule has 0 unspecified atom stereocenters. The van der Waals surface area contributed by atoms with Crippen molar-refractivity contribution in [3.8, 4) is 0 Å². The van der Waals surface area contributed by atoms with Crippen LogP contribution in [0.4, 0.5) is 5.69 Å². The first-order valence-electron chi connectivity index (χ1n) is 9.49. The second-order valence-corrected chi connectivity index (χ2v) is 8.81. The van der Waals surface area contributed by atoms with Crippen LogP contribution in [0.15, 0.2) is 53.4 Å². The number of nitrogens with one attached hydrogen (secondary N) is 2. The third-order valence-corrected chi connectivity index (χ3v) is 6.08. The SMILES string of the molecule is Cc1cccc(NS(=O)(=O)c2cccc(C(=O)OCC(=O)NC3CCCC3)c2)c1. The van der Waals surface area contributed by atoms with Gasteiger partial charge in [-0.25, -0.2) is 13.2 Å². The lowest BCUT2D eigenvalue weighted by Crippen LogP contribution is -2.35. The van der Waals surface area contributed by atoms with Crippen LogP contribution >= 0.6 is 0 Å². The van der Waals surface area contributed by atoms with E-state index in [1.165, 1.54) is 24.3 Å². The average Bonchev–Trinajstić information content (AvgIpc) is 3.19. The van der Waals surface area contributed by atoms with Gasteiger partial charge in [-0.15, -0.1) is 0 Å². The fourth-order valence-electron chi connectivity index (χ4n) is 3.27. The number of benzene rings is 2. The Morgan fingerprint density at radius 3 is 2.52 bits per heavy atom. The van der Waals surface area contributed by atoms with Gasteiger partial charge in [0.05, 0.1) is 10.5 Å². The van der Waals surface area contributed by atoms with E-state index in [0.29, 0.717) is 5.69 Å². The highest BCUT2D eigenvalue weighted by molar-refractivity contribution is 7.92. The molecule has 0 bridgehead atoms. The summed E-state index contributed by atoms with van der Waals surface area (Å²) >= 11 is 0. The molecule has 0 heterocycles. The maximum atomic E-state index is 12.6. The van der Waals surface area contributed by atoms with Gasteiger partial charge in [0.1, 0.15) is 0 Å². The smallest absolute Gasteiger partial charge is 0.338 e. The van der Waals surface area contributed by atoms with Crippen molar-refractivity contribution in [1.29, 1.82) is 0 Å². The second-order valence-electron chi connectivity index (χ2n) is 7.13. The van der Waals surface area contributed by atoms with Crippen LogP contribution in [0.3, 0.4) is 0 Å². The number of sulfonamides is 1. The predicted molar refractivity (Wildman–Crippen MR) is 109 cm³/mol. The lowest BCUT2D eigenvalue weighted by atomic mass is 10.2. The van der Waals surface area contributed by atoms with E-state index < -0.39 is 22.6 Å². The Morgan fingerprint density at radius 2 is 1.79 bits per heavy atom. The van der Waals surface area contributed by atoms with Crippen LogP contribution in [0.1, 0.15) is 41.6 Å². The molecule has 1 fully saturated rings. The Bertz CT molecular complexity index is 998. The summed E-state index contributed by atoms with van der Waals surface area (Å²) < 4.78 is 32.8. The highest BCUT2D eigenvalue weighted by Gasteiger charge is 2.20. The van der Waals surface area contributed by atoms with Crippen LogP contribution in [0.25, 0.3) is 0 Å². The maximum absolute atomic E-state index is 12.6. The van der Waals surface area contributed by atoms with Crippen LogP contribution in [-0.4, -0.2) is 32.9 Å². The molecule has 2 aromatic rings. The zero-order chi connectivity index (χ0) is 20.9. The first kappa shape index (κ1) is 20.9. The molecular formula is C21H24N2O5S. The summed E-state index contributed by atoms with van der Waals surface area (Å²) in [5.74, 6) is -1.10. The molecule has 2 aromatic carbocycles. The summed E-state index contributed by atoms with van der Waals surface area (Å²) in [5, 5.41) is 2.83. The number of hydrogen-bond acceptors (Lipinski definition) is 5. The van der Waals surface area contributed by atoms with Crippen molar-refractivity contribution >= 4 is 27.6 Å². The number of esters is 1. The number of aryl methyl sites for hydroxylation is 1. The normalized spacial score (nSPS) is 14.4. The minimum Gasteiger partial charge on any atom is -0.452 e. The van der Waals surface area contributed by atoms with E-state index in [1.807, 2.05) is 13.0 Å². The summed E-state index contributed by atoms with van der Waals surface area (Å²) in [4.78, 5) is 24.1. The van der Waals surface area contributed by atoms with Crippen molar-refractivity contribution in [1.82, 2.24) is 5.32 Å². The van der Waals surface area contributed by atoms with Crippen molar-refractivity contribution < 1.29 is 22.7 Å². The zero-order valence-corrected chi connectivity index (χ0v) is 17.0. The fraction of sp³-hybridized carbons (Fsp3) is 0.333. The second kappa shape index (κ2) is 9.09. The summed E-state index contributed by atoms with van der Waals surface area (Å²) in [6.07, 6.45) is 4.05. The number of amides is 1. The molecule has 29 heavy (non-hydrogen) atoms. The molecule has 0 aliphatic heterocycles. The van der Waals surface area contributed by atoms with Gasteiger partial charge in [0.2, 0.25) is 0 Å². The lowest BCUT2D eigenvalue weighted by Gasteiger charge is -2.12. The molecule has 1 amide bonds. The molecule has 0 spiro atoms. The first-order chi connectivity index (χ1) is 13.8. The third-order valence-electron chi connectivity index (χ3n) is 4.70. The molecule has 0 atom stereocenters. The number of anilines is 1. The lowest BCUT2D eigenvalue weighted by molar-refractivity contribution is -0.124. The monoisotopic (exact) mass is 416 g/mol. The Morgan fingerprint density at radius 1 is 1.07 bits per heavy atom. The molecule has 0 saturated heterocycles. The van der Waals surface area contributed by atoms with Crippen molar-refractivity contribution in [3.05, 3.63) is 59.7 Å². The summed E-state index contributed by atoms with van der Waals surface area (Å²) in [5.41, 5.74) is 1.41. The van der Waals surface area contributed by atoms with Crippen LogP contribution in [0.5, 0.6) is 0 Å². The average molecular weight is 416 g/mol. The highest BCUT2D eigenvalue weighted by atomic mass is 32.2. The minimum absolute atomic E-state index is 0.0609. The van der Waals surface area contributed by atoms with Gasteiger partial charge in [-0.3, -0.25) is 9.52 Å². The van der Waals surface area contributed by atoms with E-state index in [9.17, 15) is 18.0 Å². The summed E-state index contributed by atoms with van der Waals surface area (Å²) in [6.45, 7) is 1.46. The topological polar surface area (TPSA) is 102 Å². The summed E-state index contributed by atoms with van der Waals surface area (Å²) in [6, 6.07) is 12.6. The molecule has 0 aromatic heterocycles. The third kappa shape index (κ3) is 5.80. The van der Waals surface area contributed by atoms with Crippen LogP contribution < -0.4 is 10.0 Å². The number of ether oxygens (including phenoxy) is 1. The molecule has 7 nitrogen and oxygen atoms in total. The van der Waals surface area contributed by atoms with E-state index in [2.05, 4.69) is 10.0 Å². The van der Waals surface area contributed by atoms with E-state index in [4.69, 9.17) is 4.74 Å². The van der Waals surface area contributed by atoms with Gasteiger partial charge in [-0.2, -0.15) is 0 Å². The highest BCUT2D eigenvalue weighted by Crippen LogP contribution is 2.19. The Hall–Kier alpha value is -2.87. The number of hydrogen-bond donors (Lipinski definition) is 2. The number of rotatable bonds is 7.